The van der Waals surface area contributed by atoms with Crippen LogP contribution in [0.1, 0.15) is 44.1 Å². The summed E-state index contributed by atoms with van der Waals surface area (Å²) < 4.78 is 5.23. The van der Waals surface area contributed by atoms with E-state index in [0.29, 0.717) is 16.7 Å². The van der Waals surface area contributed by atoms with Crippen LogP contribution in [0, 0.1) is 0 Å². The molecule has 0 amide bonds. The highest BCUT2D eigenvalue weighted by Gasteiger charge is 2.24. The number of aromatic nitrogens is 2. The van der Waals surface area contributed by atoms with Crippen molar-refractivity contribution in [3.05, 3.63) is 46.6 Å². The molecule has 0 bridgehead atoms. The van der Waals surface area contributed by atoms with E-state index in [0.717, 1.165) is 5.56 Å². The third-order valence-corrected chi connectivity index (χ3v) is 2.84. The van der Waals surface area contributed by atoms with Crippen molar-refractivity contribution >= 4 is 11.6 Å². The monoisotopic (exact) mass is 265 g/mol. The maximum absolute atomic E-state index is 6.09. The SMILES string of the molecule is CC(C)(C)c1nc(C(N)c2ccc(Cl)cc2)no1. The summed E-state index contributed by atoms with van der Waals surface area (Å²) >= 11 is 5.84. The Hall–Kier alpha value is -1.39. The van der Waals surface area contributed by atoms with Crippen LogP contribution in [-0.4, -0.2) is 10.1 Å². The van der Waals surface area contributed by atoms with E-state index >= 15 is 0 Å². The molecule has 4 nitrogen and oxygen atoms in total. The first-order valence-corrected chi connectivity index (χ1v) is 6.11. The molecular formula is C13H16ClN3O. The number of benzene rings is 1. The number of hydrogen-bond donors (Lipinski definition) is 1. The van der Waals surface area contributed by atoms with Crippen LogP contribution in [-0.2, 0) is 5.41 Å². The maximum atomic E-state index is 6.09. The highest BCUT2D eigenvalue weighted by Crippen LogP contribution is 2.24. The number of hydrogen-bond acceptors (Lipinski definition) is 4. The molecule has 0 aliphatic heterocycles. The summed E-state index contributed by atoms with van der Waals surface area (Å²) in [7, 11) is 0. The molecule has 0 spiro atoms. The molecule has 0 aliphatic carbocycles. The Balaban J connectivity index is 2.26. The number of nitrogens with two attached hydrogens (primary N) is 1. The molecule has 0 aliphatic rings. The van der Waals surface area contributed by atoms with Gasteiger partial charge >= 0.3 is 0 Å². The zero-order valence-corrected chi connectivity index (χ0v) is 11.4. The van der Waals surface area contributed by atoms with Crippen molar-refractivity contribution in [2.45, 2.75) is 32.2 Å². The van der Waals surface area contributed by atoms with Crippen LogP contribution in [0.25, 0.3) is 0 Å². The lowest BCUT2D eigenvalue weighted by Crippen LogP contribution is -2.15. The summed E-state index contributed by atoms with van der Waals surface area (Å²) in [6.07, 6.45) is 0. The molecule has 0 saturated heterocycles. The van der Waals surface area contributed by atoms with Gasteiger partial charge in [-0.25, -0.2) is 0 Å². The Kier molecular flexibility index (Phi) is 3.41. The largest absolute Gasteiger partial charge is 0.339 e. The van der Waals surface area contributed by atoms with Crippen LogP contribution in [0.15, 0.2) is 28.8 Å². The van der Waals surface area contributed by atoms with Gasteiger partial charge in [-0.1, -0.05) is 49.7 Å². The van der Waals surface area contributed by atoms with Gasteiger partial charge < -0.3 is 10.3 Å². The Bertz CT molecular complexity index is 528. The minimum absolute atomic E-state index is 0.176. The molecule has 2 rings (SSSR count). The van der Waals surface area contributed by atoms with E-state index in [2.05, 4.69) is 10.1 Å². The number of halogens is 1. The van der Waals surface area contributed by atoms with Gasteiger partial charge in [0.2, 0.25) is 5.89 Å². The quantitative estimate of drug-likeness (QED) is 0.906. The predicted octanol–water partition coefficient (Wildman–Crippen LogP) is 3.07. The molecule has 0 radical (unpaired) electrons. The van der Waals surface area contributed by atoms with Gasteiger partial charge in [0.15, 0.2) is 5.82 Å². The van der Waals surface area contributed by atoms with E-state index in [1.165, 1.54) is 0 Å². The van der Waals surface area contributed by atoms with E-state index < -0.39 is 6.04 Å². The maximum Gasteiger partial charge on any atom is 0.232 e. The van der Waals surface area contributed by atoms with Crippen molar-refractivity contribution in [3.63, 3.8) is 0 Å². The van der Waals surface area contributed by atoms with Crippen molar-refractivity contribution < 1.29 is 4.52 Å². The topological polar surface area (TPSA) is 64.9 Å². The fourth-order valence-corrected chi connectivity index (χ4v) is 1.61. The highest BCUT2D eigenvalue weighted by atomic mass is 35.5. The molecule has 1 unspecified atom stereocenters. The van der Waals surface area contributed by atoms with Gasteiger partial charge in [-0.2, -0.15) is 4.98 Å². The lowest BCUT2D eigenvalue weighted by Gasteiger charge is -2.11. The Labute approximate surface area is 111 Å². The van der Waals surface area contributed by atoms with Crippen LogP contribution in [0.4, 0.5) is 0 Å². The van der Waals surface area contributed by atoms with Gasteiger partial charge in [0.1, 0.15) is 0 Å². The Morgan fingerprint density at radius 2 is 1.83 bits per heavy atom. The summed E-state index contributed by atoms with van der Waals surface area (Å²) in [6, 6.07) is 6.91. The first-order chi connectivity index (χ1) is 8.38. The second-order valence-corrected chi connectivity index (χ2v) is 5.67. The second-order valence-electron chi connectivity index (χ2n) is 5.24. The first kappa shape index (κ1) is 13.1. The van der Waals surface area contributed by atoms with Gasteiger partial charge in [-0.15, -0.1) is 0 Å². The third-order valence-electron chi connectivity index (χ3n) is 2.59. The minimum atomic E-state index is -0.401. The minimum Gasteiger partial charge on any atom is -0.339 e. The Morgan fingerprint density at radius 3 is 2.33 bits per heavy atom. The zero-order valence-electron chi connectivity index (χ0n) is 10.6. The van der Waals surface area contributed by atoms with E-state index in [-0.39, 0.29) is 5.41 Å². The second kappa shape index (κ2) is 4.71. The molecule has 96 valence electrons. The normalized spacial score (nSPS) is 13.6. The number of nitrogens with zero attached hydrogens (tertiary/aromatic N) is 2. The lowest BCUT2D eigenvalue weighted by atomic mass is 9.97. The molecule has 1 heterocycles. The summed E-state index contributed by atoms with van der Waals surface area (Å²) in [5, 5.41) is 4.61. The van der Waals surface area contributed by atoms with Crippen molar-refractivity contribution in [1.29, 1.82) is 0 Å². The zero-order chi connectivity index (χ0) is 13.3. The average Bonchev–Trinajstić information content (AvgIpc) is 2.78. The molecule has 1 aromatic heterocycles. The summed E-state index contributed by atoms with van der Waals surface area (Å²) in [4.78, 5) is 4.34. The fourth-order valence-electron chi connectivity index (χ4n) is 1.49. The van der Waals surface area contributed by atoms with Crippen LogP contribution in [0.2, 0.25) is 5.02 Å². The van der Waals surface area contributed by atoms with Crippen molar-refractivity contribution in [1.82, 2.24) is 10.1 Å². The smallest absolute Gasteiger partial charge is 0.232 e. The molecule has 5 heteroatoms. The average molecular weight is 266 g/mol. The van der Waals surface area contributed by atoms with Gasteiger partial charge in [0.05, 0.1) is 6.04 Å². The Morgan fingerprint density at radius 1 is 1.22 bits per heavy atom. The van der Waals surface area contributed by atoms with Crippen LogP contribution < -0.4 is 5.73 Å². The molecular weight excluding hydrogens is 250 g/mol. The van der Waals surface area contributed by atoms with Gasteiger partial charge in [0.25, 0.3) is 0 Å². The van der Waals surface area contributed by atoms with Crippen LogP contribution in [0.3, 0.4) is 0 Å². The fraction of sp³-hybridized carbons (Fsp3) is 0.385. The lowest BCUT2D eigenvalue weighted by molar-refractivity contribution is 0.317. The molecule has 2 N–H and O–H groups in total. The first-order valence-electron chi connectivity index (χ1n) is 5.73. The van der Waals surface area contributed by atoms with E-state index in [9.17, 15) is 0 Å². The van der Waals surface area contributed by atoms with E-state index in [1.54, 1.807) is 12.1 Å². The van der Waals surface area contributed by atoms with Gasteiger partial charge in [-0.05, 0) is 17.7 Å². The van der Waals surface area contributed by atoms with Crippen molar-refractivity contribution in [2.75, 3.05) is 0 Å². The van der Waals surface area contributed by atoms with E-state index in [4.69, 9.17) is 21.9 Å². The molecule has 18 heavy (non-hydrogen) atoms. The van der Waals surface area contributed by atoms with Gasteiger partial charge in [-0.3, -0.25) is 0 Å². The summed E-state index contributed by atoms with van der Waals surface area (Å²) in [6.45, 7) is 6.04. The predicted molar refractivity (Wildman–Crippen MR) is 70.5 cm³/mol. The third kappa shape index (κ3) is 2.71. The molecule has 0 fully saturated rings. The van der Waals surface area contributed by atoms with Gasteiger partial charge in [0, 0.05) is 10.4 Å². The van der Waals surface area contributed by atoms with Crippen LogP contribution in [0.5, 0.6) is 0 Å². The van der Waals surface area contributed by atoms with Crippen LogP contribution >= 0.6 is 11.6 Å². The standard InChI is InChI=1S/C13H16ClN3O/c1-13(2,3)12-16-11(17-18-12)10(15)8-4-6-9(14)7-5-8/h4-7,10H,15H2,1-3H3. The summed E-state index contributed by atoms with van der Waals surface area (Å²) in [5.41, 5.74) is 6.82. The molecule has 2 aromatic rings. The van der Waals surface area contributed by atoms with Crippen molar-refractivity contribution in [2.24, 2.45) is 5.73 Å². The van der Waals surface area contributed by atoms with E-state index in [1.807, 2.05) is 32.9 Å². The van der Waals surface area contributed by atoms with Crippen molar-refractivity contribution in [3.8, 4) is 0 Å². The highest BCUT2D eigenvalue weighted by molar-refractivity contribution is 6.30. The number of rotatable bonds is 2. The molecule has 1 atom stereocenters. The summed E-state index contributed by atoms with van der Waals surface area (Å²) in [5.74, 6) is 1.07. The molecule has 1 aromatic carbocycles. The molecule has 0 saturated carbocycles.